The average Bonchev–Trinajstić information content (AvgIpc) is 3.27. The molecule has 0 radical (unpaired) electrons. The maximum Gasteiger partial charge on any atom is 0.293 e. The van der Waals surface area contributed by atoms with Gasteiger partial charge in [-0.25, -0.2) is 0 Å². The highest BCUT2D eigenvalue weighted by Gasteiger charge is 2.35. The summed E-state index contributed by atoms with van der Waals surface area (Å²) < 4.78 is 11.2. The summed E-state index contributed by atoms with van der Waals surface area (Å²) in [4.78, 5) is 18.4. The molecular weight excluding hydrogens is 398 g/mol. The molecule has 2 aromatic heterocycles. The molecule has 1 aliphatic rings. The second-order valence-electron chi connectivity index (χ2n) is 5.42. The van der Waals surface area contributed by atoms with Crippen LogP contribution < -0.4 is 4.90 Å². The highest BCUT2D eigenvalue weighted by atomic mass is 79.9. The molecule has 1 unspecified atom stereocenters. The van der Waals surface area contributed by atoms with E-state index in [2.05, 4.69) is 26.1 Å². The van der Waals surface area contributed by atoms with E-state index in [9.17, 15) is 4.79 Å². The summed E-state index contributed by atoms with van der Waals surface area (Å²) in [7, 11) is 0. The maximum absolute atomic E-state index is 12.3. The first kappa shape index (κ1) is 15.4. The van der Waals surface area contributed by atoms with Crippen LogP contribution in [0.1, 0.15) is 18.2 Å². The van der Waals surface area contributed by atoms with E-state index in [4.69, 9.17) is 20.5 Å². The number of hydrogen-bond acceptors (Lipinski definition) is 5. The van der Waals surface area contributed by atoms with E-state index in [-0.39, 0.29) is 11.8 Å². The van der Waals surface area contributed by atoms with Gasteiger partial charge in [0.15, 0.2) is 16.3 Å². The quantitative estimate of drug-likeness (QED) is 0.647. The van der Waals surface area contributed by atoms with Crippen molar-refractivity contribution in [2.24, 2.45) is 0 Å². The molecule has 0 N–H and O–H groups in total. The number of carbonyl (C=O) groups excluding carboxylic acids is 1. The predicted octanol–water partition coefficient (Wildman–Crippen LogP) is 4.27. The molecule has 3 aromatic rings. The lowest BCUT2D eigenvalue weighted by molar-refractivity contribution is -0.117. The Bertz CT molecular complexity index is 907. The first-order chi connectivity index (χ1) is 11.6. The Morgan fingerprint density at radius 2 is 2.08 bits per heavy atom. The average molecular weight is 409 g/mol. The van der Waals surface area contributed by atoms with Gasteiger partial charge in [0.05, 0.1) is 10.7 Å². The van der Waals surface area contributed by atoms with Crippen molar-refractivity contribution in [3.05, 3.63) is 51.9 Å². The van der Waals surface area contributed by atoms with Gasteiger partial charge in [-0.15, -0.1) is 0 Å². The fraction of sp³-hybridized carbons (Fsp3) is 0.188. The molecule has 4 rings (SSSR count). The minimum absolute atomic E-state index is 0.0137. The Hall–Kier alpha value is -2.12. The van der Waals surface area contributed by atoms with E-state index < -0.39 is 0 Å². The lowest BCUT2D eigenvalue weighted by atomic mass is 10.1. The van der Waals surface area contributed by atoms with Crippen molar-refractivity contribution in [1.29, 1.82) is 0 Å². The number of hydrogen-bond donors (Lipinski definition) is 0. The lowest BCUT2D eigenvalue weighted by Gasteiger charge is -2.17. The van der Waals surface area contributed by atoms with Crippen LogP contribution in [0.2, 0.25) is 5.02 Å². The van der Waals surface area contributed by atoms with Crippen LogP contribution in [0.3, 0.4) is 0 Å². The Balaban J connectivity index is 1.57. The number of benzene rings is 1. The third-order valence-electron chi connectivity index (χ3n) is 3.86. The summed E-state index contributed by atoms with van der Waals surface area (Å²) in [5.74, 6) is 1.09. The van der Waals surface area contributed by atoms with Crippen molar-refractivity contribution in [2.75, 3.05) is 11.4 Å². The first-order valence-electron chi connectivity index (χ1n) is 7.26. The van der Waals surface area contributed by atoms with Crippen molar-refractivity contribution in [1.82, 2.24) is 10.1 Å². The summed E-state index contributed by atoms with van der Waals surface area (Å²) in [6, 6.07) is 10.7. The number of anilines is 1. The number of carbonyl (C=O) groups is 1. The van der Waals surface area contributed by atoms with E-state index in [1.165, 1.54) is 0 Å². The van der Waals surface area contributed by atoms with Crippen LogP contribution in [0.25, 0.3) is 11.7 Å². The number of rotatable bonds is 3. The van der Waals surface area contributed by atoms with Crippen LogP contribution in [0.15, 0.2) is 50.0 Å². The van der Waals surface area contributed by atoms with Crippen LogP contribution in [0.5, 0.6) is 0 Å². The molecule has 24 heavy (non-hydrogen) atoms. The maximum atomic E-state index is 12.3. The normalized spacial score (nSPS) is 17.7. The second kappa shape index (κ2) is 6.07. The molecule has 6 nitrogen and oxygen atoms in total. The number of nitrogens with zero attached hydrogens (tertiary/aromatic N) is 3. The van der Waals surface area contributed by atoms with Gasteiger partial charge in [-0.05, 0) is 40.2 Å². The van der Waals surface area contributed by atoms with Crippen molar-refractivity contribution < 1.29 is 13.7 Å². The van der Waals surface area contributed by atoms with Crippen molar-refractivity contribution >= 4 is 39.1 Å². The Labute approximate surface area is 150 Å². The highest BCUT2D eigenvalue weighted by Crippen LogP contribution is 2.35. The van der Waals surface area contributed by atoms with Gasteiger partial charge in [0.1, 0.15) is 0 Å². The van der Waals surface area contributed by atoms with Gasteiger partial charge in [-0.3, -0.25) is 4.79 Å². The fourth-order valence-corrected chi connectivity index (χ4v) is 3.26. The van der Waals surface area contributed by atoms with Gasteiger partial charge in [0.2, 0.25) is 5.91 Å². The molecule has 122 valence electrons. The zero-order valence-corrected chi connectivity index (χ0v) is 14.6. The number of aromatic nitrogens is 2. The van der Waals surface area contributed by atoms with Crippen LogP contribution in [-0.4, -0.2) is 22.6 Å². The Morgan fingerprint density at radius 1 is 1.25 bits per heavy atom. The second-order valence-corrected chi connectivity index (χ2v) is 6.61. The van der Waals surface area contributed by atoms with Crippen molar-refractivity contribution in [3.8, 4) is 11.7 Å². The van der Waals surface area contributed by atoms with E-state index in [0.717, 1.165) is 0 Å². The molecule has 1 aliphatic heterocycles. The van der Waals surface area contributed by atoms with Gasteiger partial charge in [0, 0.05) is 18.9 Å². The molecule has 1 saturated heterocycles. The van der Waals surface area contributed by atoms with Gasteiger partial charge in [0.25, 0.3) is 5.89 Å². The van der Waals surface area contributed by atoms with Gasteiger partial charge in [-0.2, -0.15) is 4.98 Å². The lowest BCUT2D eigenvalue weighted by Crippen LogP contribution is -2.24. The van der Waals surface area contributed by atoms with Gasteiger partial charge < -0.3 is 13.8 Å². The summed E-state index contributed by atoms with van der Waals surface area (Å²) >= 11 is 9.42. The van der Waals surface area contributed by atoms with Crippen LogP contribution in [0, 0.1) is 0 Å². The van der Waals surface area contributed by atoms with Crippen molar-refractivity contribution in [3.63, 3.8) is 0 Å². The van der Waals surface area contributed by atoms with E-state index >= 15 is 0 Å². The molecule has 0 spiro atoms. The third-order valence-corrected chi connectivity index (χ3v) is 4.60. The zero-order chi connectivity index (χ0) is 16.7. The van der Waals surface area contributed by atoms with E-state index in [1.807, 2.05) is 18.2 Å². The highest BCUT2D eigenvalue weighted by molar-refractivity contribution is 9.10. The molecule has 3 heterocycles. The van der Waals surface area contributed by atoms with Crippen LogP contribution >= 0.6 is 27.5 Å². The number of amides is 1. The Morgan fingerprint density at radius 3 is 2.83 bits per heavy atom. The van der Waals surface area contributed by atoms with E-state index in [1.54, 1.807) is 23.1 Å². The molecule has 0 aliphatic carbocycles. The molecule has 1 fully saturated rings. The first-order valence-corrected chi connectivity index (χ1v) is 8.43. The monoisotopic (exact) mass is 407 g/mol. The standard InChI is InChI=1S/C16H11BrClN3O3/c17-13-6-5-12(23-13)16-19-15(20-24-16)9-7-14(22)21(8-9)11-4-2-1-3-10(11)18/h1-6,9H,7-8H2. The minimum Gasteiger partial charge on any atom is -0.444 e. The summed E-state index contributed by atoms with van der Waals surface area (Å²) in [5, 5.41) is 4.54. The molecular formula is C16H11BrClN3O3. The van der Waals surface area contributed by atoms with Gasteiger partial charge in [-0.1, -0.05) is 28.9 Å². The topological polar surface area (TPSA) is 72.4 Å². The molecule has 1 amide bonds. The fourth-order valence-electron chi connectivity index (χ4n) is 2.71. The molecule has 0 saturated carbocycles. The third kappa shape index (κ3) is 2.74. The van der Waals surface area contributed by atoms with Crippen LogP contribution in [-0.2, 0) is 4.79 Å². The summed E-state index contributed by atoms with van der Waals surface area (Å²) in [6.07, 6.45) is 0.312. The predicted molar refractivity (Wildman–Crippen MR) is 90.9 cm³/mol. The molecule has 0 bridgehead atoms. The van der Waals surface area contributed by atoms with Crippen LogP contribution in [0.4, 0.5) is 5.69 Å². The van der Waals surface area contributed by atoms with Crippen molar-refractivity contribution in [2.45, 2.75) is 12.3 Å². The zero-order valence-electron chi connectivity index (χ0n) is 12.3. The Kier molecular flexibility index (Phi) is 3.90. The molecule has 8 heteroatoms. The van der Waals surface area contributed by atoms with Gasteiger partial charge >= 0.3 is 0 Å². The number of furan rings is 1. The molecule has 1 atom stereocenters. The number of halogens is 2. The van der Waals surface area contributed by atoms with E-state index in [0.29, 0.717) is 45.8 Å². The smallest absolute Gasteiger partial charge is 0.293 e. The SMILES string of the molecule is O=C1CC(c2noc(-c3ccc(Br)o3)n2)CN1c1ccccc1Cl. The number of para-hydroxylation sites is 1. The largest absolute Gasteiger partial charge is 0.444 e. The molecule has 1 aromatic carbocycles. The summed E-state index contributed by atoms with van der Waals surface area (Å²) in [6.45, 7) is 0.462. The summed E-state index contributed by atoms with van der Waals surface area (Å²) in [5.41, 5.74) is 0.699. The minimum atomic E-state index is -0.148.